The van der Waals surface area contributed by atoms with Crippen molar-refractivity contribution in [2.45, 2.75) is 174 Å². The maximum Gasteiger partial charge on any atom is 1.00 e. The molecule has 0 heterocycles. The second-order valence-electron chi connectivity index (χ2n) is 12.5. The van der Waals surface area contributed by atoms with Gasteiger partial charge in [0.25, 0.3) is 7.82 Å². The minimum Gasteiger partial charge on any atom is -0.756 e. The van der Waals surface area contributed by atoms with E-state index in [1.807, 2.05) is 0 Å². The van der Waals surface area contributed by atoms with Crippen molar-refractivity contribution in [2.75, 3.05) is 13.2 Å². The van der Waals surface area contributed by atoms with E-state index >= 15 is 0 Å². The van der Waals surface area contributed by atoms with Gasteiger partial charge >= 0.3 is 41.5 Å². The molecule has 0 spiro atoms. The maximum atomic E-state index is 12.3. The number of hydrogen-bond donors (Lipinski definition) is 1. The van der Waals surface area contributed by atoms with E-state index in [1.54, 1.807) is 0 Å². The Balaban J connectivity index is 0. The molecule has 0 bridgehead atoms. The third-order valence-corrected chi connectivity index (χ3v) is 8.29. The second kappa shape index (κ2) is 38.2. The molecule has 0 rings (SSSR count). The van der Waals surface area contributed by atoms with Crippen LogP contribution < -0.4 is 34.5 Å². The van der Waals surface area contributed by atoms with E-state index in [1.165, 1.54) is 51.4 Å². The topological polar surface area (TPSA) is 122 Å². The normalized spacial score (nSPS) is 13.7. The first kappa shape index (κ1) is 50.1. The predicted molar refractivity (Wildman–Crippen MR) is 195 cm³/mol. The Morgan fingerprint density at radius 2 is 0.980 bits per heavy atom. The van der Waals surface area contributed by atoms with Crippen LogP contribution in [0.3, 0.4) is 0 Å². The van der Waals surface area contributed by atoms with Gasteiger partial charge in [0.15, 0.2) is 6.10 Å². The number of unbranched alkanes of at least 4 members (excludes halogenated alkanes) is 16. The predicted octanol–water partition coefficient (Wildman–Crippen LogP) is 7.55. The molecule has 2 atom stereocenters. The summed E-state index contributed by atoms with van der Waals surface area (Å²) in [7, 11) is -5.01. The van der Waals surface area contributed by atoms with Crippen LogP contribution >= 0.6 is 7.82 Å². The van der Waals surface area contributed by atoms with E-state index in [2.05, 4.69) is 67.0 Å². The SMILES string of the molecule is CCCCC/C=C\C/C=C\CCCCCCCC(=O)OC[C@H](COP(=O)([O-])O)OC(=O)CCCCCCC/C=C\C/C=C\CCCCC.[Na+]. The van der Waals surface area contributed by atoms with Gasteiger partial charge in [-0.15, -0.1) is 0 Å². The fourth-order valence-electron chi connectivity index (χ4n) is 4.96. The molecular formula is C39H68NaO8P. The molecular weight excluding hydrogens is 650 g/mol. The Bertz CT molecular complexity index is 928. The quantitative estimate of drug-likeness (QED) is 0.0238. The number of carbonyl (C=O) groups is 2. The zero-order chi connectivity index (χ0) is 35.4. The van der Waals surface area contributed by atoms with Gasteiger partial charge in [-0.3, -0.25) is 14.2 Å². The number of esters is 2. The van der Waals surface area contributed by atoms with Crippen LogP contribution in [0.2, 0.25) is 0 Å². The standard InChI is InChI=1S/C39H69O8P.Na/c1-3-5-7-9-11-13-15-17-19-21-23-25-27-29-31-33-38(40)45-35-37(36-46-48(42,43)44)47-39(41)34-32-30-28-26-24-22-20-18-16-14-12-10-8-6-4-2;/h11-14,17-20,37H,3-10,15-16,21-36H2,1-2H3,(H2,42,43,44);/q;+1/p-1/b13-11-,14-12-,19-17-,20-18-;/t37-;/m1./s1. The molecule has 1 unspecified atom stereocenters. The molecule has 278 valence electrons. The van der Waals surface area contributed by atoms with Gasteiger partial charge in [-0.1, -0.05) is 127 Å². The van der Waals surface area contributed by atoms with Crippen LogP contribution in [0.15, 0.2) is 48.6 Å². The van der Waals surface area contributed by atoms with E-state index in [-0.39, 0.29) is 49.0 Å². The monoisotopic (exact) mass is 718 g/mol. The summed E-state index contributed by atoms with van der Waals surface area (Å²) >= 11 is 0. The molecule has 0 fully saturated rings. The molecule has 0 saturated heterocycles. The van der Waals surface area contributed by atoms with E-state index in [4.69, 9.17) is 14.4 Å². The summed E-state index contributed by atoms with van der Waals surface area (Å²) in [4.78, 5) is 44.5. The Labute approximate surface area is 321 Å². The van der Waals surface area contributed by atoms with Crippen molar-refractivity contribution in [3.63, 3.8) is 0 Å². The minimum absolute atomic E-state index is 0. The van der Waals surface area contributed by atoms with Crippen LogP contribution in [0.4, 0.5) is 0 Å². The smallest absolute Gasteiger partial charge is 0.756 e. The molecule has 0 aromatic carbocycles. The Morgan fingerprint density at radius 3 is 1.41 bits per heavy atom. The third-order valence-electron chi connectivity index (χ3n) is 7.81. The van der Waals surface area contributed by atoms with E-state index in [9.17, 15) is 19.0 Å². The van der Waals surface area contributed by atoms with Gasteiger partial charge < -0.3 is 23.8 Å². The number of carbonyl (C=O) groups excluding carboxylic acids is 2. The van der Waals surface area contributed by atoms with Gasteiger partial charge in [0, 0.05) is 12.8 Å². The first-order valence-corrected chi connectivity index (χ1v) is 20.4. The van der Waals surface area contributed by atoms with E-state index in [0.29, 0.717) is 12.8 Å². The van der Waals surface area contributed by atoms with Crippen LogP contribution in [-0.4, -0.2) is 36.1 Å². The Morgan fingerprint density at radius 1 is 0.592 bits per heavy atom. The van der Waals surface area contributed by atoms with Gasteiger partial charge in [-0.25, -0.2) is 0 Å². The number of phosphoric ester groups is 1. The molecule has 0 aliphatic carbocycles. The van der Waals surface area contributed by atoms with Gasteiger partial charge in [-0.05, 0) is 77.0 Å². The molecule has 0 amide bonds. The molecule has 1 N–H and O–H groups in total. The van der Waals surface area contributed by atoms with Gasteiger partial charge in [0.2, 0.25) is 0 Å². The largest absolute Gasteiger partial charge is 1.00 e. The number of ether oxygens (including phenoxy) is 2. The Kier molecular flexibility index (Phi) is 39.1. The number of hydrogen-bond acceptors (Lipinski definition) is 7. The fraction of sp³-hybridized carbons (Fsp3) is 0.744. The summed E-state index contributed by atoms with van der Waals surface area (Å²) in [5.41, 5.74) is 0. The van der Waals surface area contributed by atoms with E-state index in [0.717, 1.165) is 77.0 Å². The first-order valence-electron chi connectivity index (χ1n) is 18.9. The number of phosphoric acid groups is 1. The van der Waals surface area contributed by atoms with Gasteiger partial charge in [-0.2, -0.15) is 0 Å². The zero-order valence-electron chi connectivity index (χ0n) is 31.3. The molecule has 0 aliphatic rings. The van der Waals surface area contributed by atoms with Crippen LogP contribution in [-0.2, 0) is 28.2 Å². The summed E-state index contributed by atoms with van der Waals surface area (Å²) in [6.45, 7) is 3.50. The molecule has 0 radical (unpaired) electrons. The van der Waals surface area contributed by atoms with Crippen molar-refractivity contribution in [3.05, 3.63) is 48.6 Å². The third kappa shape index (κ3) is 41.3. The van der Waals surface area contributed by atoms with E-state index < -0.39 is 32.5 Å². The summed E-state index contributed by atoms with van der Waals surface area (Å²) in [5.74, 6) is -0.956. The van der Waals surface area contributed by atoms with Crippen LogP contribution in [0.25, 0.3) is 0 Å². The fourth-order valence-corrected chi connectivity index (χ4v) is 5.31. The molecule has 0 aromatic rings. The van der Waals surface area contributed by atoms with Crippen molar-refractivity contribution in [2.24, 2.45) is 0 Å². The van der Waals surface area contributed by atoms with Crippen molar-refractivity contribution in [1.82, 2.24) is 0 Å². The van der Waals surface area contributed by atoms with Crippen LogP contribution in [0.5, 0.6) is 0 Å². The second-order valence-corrected chi connectivity index (χ2v) is 13.7. The summed E-state index contributed by atoms with van der Waals surface area (Å²) in [6, 6.07) is 0. The molecule has 0 aromatic heterocycles. The summed E-state index contributed by atoms with van der Waals surface area (Å²) < 4.78 is 26.0. The van der Waals surface area contributed by atoms with Crippen molar-refractivity contribution in [1.29, 1.82) is 0 Å². The molecule has 0 saturated carbocycles. The summed E-state index contributed by atoms with van der Waals surface area (Å²) in [6.07, 6.45) is 40.9. The molecule has 49 heavy (non-hydrogen) atoms. The molecule has 8 nitrogen and oxygen atoms in total. The van der Waals surface area contributed by atoms with Crippen LogP contribution in [0, 0.1) is 0 Å². The van der Waals surface area contributed by atoms with Crippen molar-refractivity contribution in [3.8, 4) is 0 Å². The van der Waals surface area contributed by atoms with Crippen LogP contribution in [0.1, 0.15) is 168 Å². The van der Waals surface area contributed by atoms with Gasteiger partial charge in [0.05, 0.1) is 6.61 Å². The Hall–Kier alpha value is -0.990. The summed E-state index contributed by atoms with van der Waals surface area (Å²) in [5, 5.41) is 0. The average molecular weight is 719 g/mol. The first-order chi connectivity index (χ1) is 23.3. The average Bonchev–Trinajstić information content (AvgIpc) is 3.05. The minimum atomic E-state index is -5.01. The van der Waals surface area contributed by atoms with Gasteiger partial charge in [0.1, 0.15) is 6.61 Å². The van der Waals surface area contributed by atoms with Crippen molar-refractivity contribution >= 4 is 19.8 Å². The molecule has 10 heteroatoms. The maximum absolute atomic E-state index is 12.3. The van der Waals surface area contributed by atoms with Crippen molar-refractivity contribution < 1.29 is 67.5 Å². The number of allylic oxidation sites excluding steroid dienone is 8. The zero-order valence-corrected chi connectivity index (χ0v) is 34.2. The molecule has 0 aliphatic heterocycles. The number of rotatable bonds is 34.